The van der Waals surface area contributed by atoms with Crippen LogP contribution >= 0.6 is 0 Å². The molecular formula is C17H17F6N3O3. The molecule has 0 bridgehead atoms. The van der Waals surface area contributed by atoms with Crippen LogP contribution in [0.2, 0.25) is 0 Å². The SMILES string of the molecule is O=C(Nc1ccncc1)C1CC12CCN(C(=O)OC(C(F)(F)F)C(F)(F)F)CC2. The zero-order chi connectivity index (χ0) is 21.4. The van der Waals surface area contributed by atoms with Crippen molar-refractivity contribution in [1.82, 2.24) is 9.88 Å². The van der Waals surface area contributed by atoms with Crippen molar-refractivity contribution in [3.05, 3.63) is 24.5 Å². The molecule has 1 saturated heterocycles. The molecule has 1 saturated carbocycles. The average molecular weight is 425 g/mol. The van der Waals surface area contributed by atoms with Crippen molar-refractivity contribution >= 4 is 17.7 Å². The van der Waals surface area contributed by atoms with E-state index in [1.54, 1.807) is 12.1 Å². The average Bonchev–Trinajstić information content (AvgIpc) is 3.32. The normalized spacial score (nSPS) is 21.2. The number of rotatable bonds is 3. The van der Waals surface area contributed by atoms with Crippen LogP contribution in [0.15, 0.2) is 24.5 Å². The smallest absolute Gasteiger partial charge is 0.426 e. The van der Waals surface area contributed by atoms with E-state index in [-0.39, 0.29) is 24.9 Å². The molecule has 1 aromatic heterocycles. The van der Waals surface area contributed by atoms with Crippen molar-refractivity contribution in [1.29, 1.82) is 0 Å². The fourth-order valence-corrected chi connectivity index (χ4v) is 3.56. The summed E-state index contributed by atoms with van der Waals surface area (Å²) >= 11 is 0. The Hall–Kier alpha value is -2.53. The second-order valence-electron chi connectivity index (χ2n) is 7.18. The monoisotopic (exact) mass is 425 g/mol. The van der Waals surface area contributed by atoms with E-state index in [4.69, 9.17) is 0 Å². The molecule has 2 amide bonds. The maximum atomic E-state index is 12.5. The van der Waals surface area contributed by atoms with Crippen LogP contribution in [0.25, 0.3) is 0 Å². The molecule has 0 radical (unpaired) electrons. The molecule has 1 aliphatic carbocycles. The van der Waals surface area contributed by atoms with E-state index in [2.05, 4.69) is 15.0 Å². The van der Waals surface area contributed by atoms with Crippen LogP contribution in [0.1, 0.15) is 19.3 Å². The Morgan fingerprint density at radius 3 is 2.17 bits per heavy atom. The van der Waals surface area contributed by atoms with Crippen molar-refractivity contribution in [3.63, 3.8) is 0 Å². The predicted octanol–water partition coefficient (Wildman–Crippen LogP) is 3.75. The molecule has 1 unspecified atom stereocenters. The van der Waals surface area contributed by atoms with Gasteiger partial charge in [0, 0.05) is 37.1 Å². The summed E-state index contributed by atoms with van der Waals surface area (Å²) in [7, 11) is 0. The number of nitrogens with one attached hydrogen (secondary N) is 1. The van der Waals surface area contributed by atoms with Crippen LogP contribution in [-0.4, -0.2) is 53.4 Å². The molecule has 1 atom stereocenters. The highest BCUT2D eigenvalue weighted by Crippen LogP contribution is 2.59. The Bertz CT molecular complexity index is 746. The number of ether oxygens (including phenoxy) is 1. The summed E-state index contributed by atoms with van der Waals surface area (Å²) in [4.78, 5) is 28.8. The van der Waals surface area contributed by atoms with E-state index in [9.17, 15) is 35.9 Å². The van der Waals surface area contributed by atoms with Crippen LogP contribution in [0.4, 0.5) is 36.8 Å². The number of nitrogens with zero attached hydrogens (tertiary/aromatic N) is 2. The first-order valence-corrected chi connectivity index (χ1v) is 8.72. The fourth-order valence-electron chi connectivity index (χ4n) is 3.56. The highest BCUT2D eigenvalue weighted by Gasteiger charge is 2.61. The molecule has 6 nitrogen and oxygen atoms in total. The van der Waals surface area contributed by atoms with Crippen LogP contribution < -0.4 is 5.32 Å². The maximum Gasteiger partial charge on any atom is 0.434 e. The number of carbonyl (C=O) groups excluding carboxylic acids is 2. The number of alkyl halides is 6. The van der Waals surface area contributed by atoms with E-state index in [1.165, 1.54) is 12.4 Å². The van der Waals surface area contributed by atoms with Gasteiger partial charge in [0.05, 0.1) is 0 Å². The minimum atomic E-state index is -5.75. The maximum absolute atomic E-state index is 12.5. The summed E-state index contributed by atoms with van der Waals surface area (Å²) < 4.78 is 78.9. The zero-order valence-electron chi connectivity index (χ0n) is 14.9. The zero-order valence-corrected chi connectivity index (χ0v) is 14.9. The highest BCUT2D eigenvalue weighted by molar-refractivity contribution is 5.95. The van der Waals surface area contributed by atoms with E-state index < -0.39 is 30.0 Å². The molecule has 0 aromatic carbocycles. The number of hydrogen-bond acceptors (Lipinski definition) is 4. The summed E-state index contributed by atoms with van der Waals surface area (Å²) in [6, 6.07) is 3.23. The van der Waals surface area contributed by atoms with Crippen molar-refractivity contribution in [2.45, 2.75) is 37.7 Å². The van der Waals surface area contributed by atoms with Gasteiger partial charge in [-0.3, -0.25) is 9.78 Å². The molecular weight excluding hydrogens is 408 g/mol. The topological polar surface area (TPSA) is 71.5 Å². The molecule has 160 valence electrons. The Labute approximate surface area is 161 Å². The van der Waals surface area contributed by atoms with Gasteiger partial charge in [-0.2, -0.15) is 26.3 Å². The number of anilines is 1. The molecule has 1 aromatic rings. The number of hydrogen-bond donors (Lipinski definition) is 1. The predicted molar refractivity (Wildman–Crippen MR) is 86.6 cm³/mol. The second-order valence-corrected chi connectivity index (χ2v) is 7.18. The van der Waals surface area contributed by atoms with Crippen molar-refractivity contribution in [2.24, 2.45) is 11.3 Å². The van der Waals surface area contributed by atoms with Gasteiger partial charge in [0.1, 0.15) is 0 Å². The summed E-state index contributed by atoms with van der Waals surface area (Å²) in [5.74, 6) is -0.548. The van der Waals surface area contributed by atoms with E-state index >= 15 is 0 Å². The number of aromatic nitrogens is 1. The van der Waals surface area contributed by atoms with Crippen molar-refractivity contribution in [2.75, 3.05) is 18.4 Å². The van der Waals surface area contributed by atoms with Crippen molar-refractivity contribution in [3.8, 4) is 0 Å². The van der Waals surface area contributed by atoms with Gasteiger partial charge in [0.2, 0.25) is 5.91 Å². The van der Waals surface area contributed by atoms with E-state index in [1.807, 2.05) is 0 Å². The third kappa shape index (κ3) is 4.73. The molecule has 1 N–H and O–H groups in total. The first kappa shape index (κ1) is 21.2. The number of halogens is 6. The lowest BCUT2D eigenvalue weighted by atomic mass is 9.91. The Morgan fingerprint density at radius 2 is 1.66 bits per heavy atom. The van der Waals surface area contributed by atoms with Crippen molar-refractivity contribution < 1.29 is 40.7 Å². The van der Waals surface area contributed by atoms with E-state index in [0.29, 0.717) is 24.9 Å². The Morgan fingerprint density at radius 1 is 1.10 bits per heavy atom. The number of likely N-dealkylation sites (tertiary alicyclic amines) is 1. The number of amides is 2. The minimum absolute atomic E-state index is 0.0830. The van der Waals surface area contributed by atoms with Crippen LogP contribution in [0.5, 0.6) is 0 Å². The molecule has 12 heteroatoms. The standard InChI is InChI=1S/C17H17F6N3O3/c18-16(19,20)13(17(21,22)23)29-14(28)26-7-3-15(4-8-26)9-11(15)12(27)25-10-1-5-24-6-2-10/h1-2,5-6,11,13H,3-4,7-9H2,(H,24,25,27). The van der Waals surface area contributed by atoms with Gasteiger partial charge in [0.25, 0.3) is 6.10 Å². The first-order chi connectivity index (χ1) is 13.4. The van der Waals surface area contributed by atoms with Gasteiger partial charge < -0.3 is 15.0 Å². The molecule has 1 aliphatic heterocycles. The number of carbonyl (C=O) groups is 2. The fraction of sp³-hybridized carbons (Fsp3) is 0.588. The van der Waals surface area contributed by atoms with E-state index in [0.717, 1.165) is 4.90 Å². The van der Waals surface area contributed by atoms with Gasteiger partial charge in [0.15, 0.2) is 0 Å². The van der Waals surface area contributed by atoms with Gasteiger partial charge in [-0.15, -0.1) is 0 Å². The lowest BCUT2D eigenvalue weighted by Crippen LogP contribution is -2.49. The Kier molecular flexibility index (Phi) is 5.39. The molecule has 2 heterocycles. The van der Waals surface area contributed by atoms with Crippen LogP contribution in [0.3, 0.4) is 0 Å². The summed E-state index contributed by atoms with van der Waals surface area (Å²) in [6.07, 6.45) is -13.2. The molecule has 29 heavy (non-hydrogen) atoms. The molecule has 1 spiro atoms. The first-order valence-electron chi connectivity index (χ1n) is 8.72. The lowest BCUT2D eigenvalue weighted by Gasteiger charge is -2.33. The molecule has 2 aliphatic rings. The van der Waals surface area contributed by atoms with Gasteiger partial charge in [-0.1, -0.05) is 0 Å². The third-order valence-corrected chi connectivity index (χ3v) is 5.28. The quantitative estimate of drug-likeness (QED) is 0.749. The second kappa shape index (κ2) is 7.38. The Balaban J connectivity index is 1.53. The summed E-state index contributed by atoms with van der Waals surface area (Å²) in [5, 5.41) is 2.73. The highest BCUT2D eigenvalue weighted by atomic mass is 19.4. The van der Waals surface area contributed by atoms with Gasteiger partial charge in [-0.05, 0) is 36.8 Å². The molecule has 2 fully saturated rings. The molecule has 3 rings (SSSR count). The van der Waals surface area contributed by atoms with Gasteiger partial charge in [-0.25, -0.2) is 4.79 Å². The third-order valence-electron chi connectivity index (χ3n) is 5.28. The summed E-state index contributed by atoms with van der Waals surface area (Å²) in [5.41, 5.74) is 0.167. The largest absolute Gasteiger partial charge is 0.434 e. The summed E-state index contributed by atoms with van der Waals surface area (Å²) in [6.45, 7) is -0.166. The minimum Gasteiger partial charge on any atom is -0.426 e. The van der Waals surface area contributed by atoms with Gasteiger partial charge >= 0.3 is 18.4 Å². The number of pyridine rings is 1. The van der Waals surface area contributed by atoms with Crippen LogP contribution in [0, 0.1) is 11.3 Å². The lowest BCUT2D eigenvalue weighted by molar-refractivity contribution is -0.308. The van der Waals surface area contributed by atoms with Crippen LogP contribution in [-0.2, 0) is 9.53 Å². The number of piperidine rings is 1.